The van der Waals surface area contributed by atoms with Crippen LogP contribution in [0.25, 0.3) is 0 Å². The summed E-state index contributed by atoms with van der Waals surface area (Å²) in [7, 11) is 0. The van der Waals surface area contributed by atoms with Crippen molar-refractivity contribution in [3.63, 3.8) is 0 Å². The van der Waals surface area contributed by atoms with Crippen molar-refractivity contribution in [1.29, 1.82) is 0 Å². The van der Waals surface area contributed by atoms with E-state index in [1.54, 1.807) is 13.8 Å². The second-order valence-electron chi connectivity index (χ2n) is 3.02. The van der Waals surface area contributed by atoms with Crippen LogP contribution >= 0.6 is 0 Å². The molecule has 0 aromatic rings. The summed E-state index contributed by atoms with van der Waals surface area (Å²) >= 11 is 0. The lowest BCUT2D eigenvalue weighted by Crippen LogP contribution is -2.14. The summed E-state index contributed by atoms with van der Waals surface area (Å²) in [4.78, 5) is 0. The van der Waals surface area contributed by atoms with Crippen LogP contribution in [0.15, 0.2) is 0 Å². The third-order valence-corrected chi connectivity index (χ3v) is 1.13. The van der Waals surface area contributed by atoms with Gasteiger partial charge in [-0.15, -0.1) is 0 Å². The maximum absolute atomic E-state index is 9.14. The van der Waals surface area contributed by atoms with Crippen LogP contribution in [0.4, 0.5) is 0 Å². The van der Waals surface area contributed by atoms with Gasteiger partial charge in [-0.05, 0) is 13.8 Å². The number of hydrogen-bond donors (Lipinski definition) is 1. The summed E-state index contributed by atoms with van der Waals surface area (Å²) in [6.45, 7) is 4.18. The van der Waals surface area contributed by atoms with E-state index in [0.29, 0.717) is 6.10 Å². The average molecular weight is 140 g/mol. The molecule has 1 atom stereocenters. The van der Waals surface area contributed by atoms with Crippen LogP contribution in [0.5, 0.6) is 0 Å². The predicted molar refractivity (Wildman–Crippen MR) is 38.4 cm³/mol. The summed E-state index contributed by atoms with van der Waals surface area (Å²) in [6, 6.07) is 0. The van der Waals surface area contributed by atoms with Crippen molar-refractivity contribution in [2.75, 3.05) is 6.61 Å². The minimum Gasteiger partial charge on any atom is -0.378 e. The second kappa shape index (κ2) is 2.61. The van der Waals surface area contributed by atoms with Gasteiger partial charge < -0.3 is 9.84 Å². The fourth-order valence-electron chi connectivity index (χ4n) is 0.567. The summed E-state index contributed by atoms with van der Waals surface area (Å²) in [6.07, 6.45) is 1.10. The Morgan fingerprint density at radius 1 is 1.70 bits per heavy atom. The highest BCUT2D eigenvalue weighted by molar-refractivity contribution is 5.11. The van der Waals surface area contributed by atoms with E-state index in [-0.39, 0.29) is 0 Å². The van der Waals surface area contributed by atoms with Crippen LogP contribution in [0.3, 0.4) is 0 Å². The zero-order chi connectivity index (χ0) is 7.61. The quantitative estimate of drug-likeness (QED) is 0.426. The van der Waals surface area contributed by atoms with Crippen molar-refractivity contribution in [1.82, 2.24) is 0 Å². The zero-order valence-corrected chi connectivity index (χ0v) is 6.35. The molecule has 0 saturated carbocycles. The molecular formula is C8H12O2. The van der Waals surface area contributed by atoms with Gasteiger partial charge in [0.05, 0.1) is 12.7 Å². The molecule has 0 aliphatic carbocycles. The molecule has 1 saturated heterocycles. The van der Waals surface area contributed by atoms with Gasteiger partial charge >= 0.3 is 0 Å². The van der Waals surface area contributed by atoms with Crippen molar-refractivity contribution in [3.8, 4) is 11.8 Å². The smallest absolute Gasteiger partial charge is 0.119 e. The minimum absolute atomic E-state index is 0.342. The highest BCUT2D eigenvalue weighted by Crippen LogP contribution is 2.12. The topological polar surface area (TPSA) is 32.8 Å². The predicted octanol–water partition coefficient (Wildman–Crippen LogP) is 0.550. The van der Waals surface area contributed by atoms with Crippen LogP contribution in [-0.4, -0.2) is 23.4 Å². The molecule has 10 heavy (non-hydrogen) atoms. The van der Waals surface area contributed by atoms with Gasteiger partial charge in [0.15, 0.2) is 0 Å². The van der Waals surface area contributed by atoms with E-state index in [1.807, 2.05) is 0 Å². The number of rotatable bonds is 1. The van der Waals surface area contributed by atoms with Gasteiger partial charge in [-0.25, -0.2) is 0 Å². The molecule has 1 aliphatic rings. The van der Waals surface area contributed by atoms with E-state index in [9.17, 15) is 0 Å². The number of aliphatic hydroxyl groups is 1. The Hall–Kier alpha value is -0.520. The van der Waals surface area contributed by atoms with Crippen molar-refractivity contribution in [2.45, 2.75) is 32.0 Å². The number of ether oxygens (including phenoxy) is 1. The van der Waals surface area contributed by atoms with Crippen LogP contribution in [0.2, 0.25) is 0 Å². The molecule has 1 rings (SSSR count). The van der Waals surface area contributed by atoms with E-state index in [4.69, 9.17) is 9.84 Å². The first-order valence-electron chi connectivity index (χ1n) is 3.42. The lowest BCUT2D eigenvalue weighted by atomic mass is 10.1. The molecule has 0 aromatic heterocycles. The summed E-state index contributed by atoms with van der Waals surface area (Å²) in [5.41, 5.74) is -0.852. The molecule has 1 aliphatic heterocycles. The third kappa shape index (κ3) is 3.49. The molecule has 56 valence electrons. The Morgan fingerprint density at radius 2 is 2.30 bits per heavy atom. The van der Waals surface area contributed by atoms with Gasteiger partial charge in [-0.3, -0.25) is 0 Å². The Bertz CT molecular complexity index is 164. The highest BCUT2D eigenvalue weighted by atomic mass is 16.6. The van der Waals surface area contributed by atoms with E-state index < -0.39 is 5.60 Å². The molecule has 0 bridgehead atoms. The van der Waals surface area contributed by atoms with Gasteiger partial charge in [-0.2, -0.15) is 0 Å². The SMILES string of the molecule is CC(C)(O)C#CCC1CO1. The highest BCUT2D eigenvalue weighted by Gasteiger charge is 2.20. The molecule has 0 spiro atoms. The van der Waals surface area contributed by atoms with Gasteiger partial charge in [0, 0.05) is 6.42 Å². The van der Waals surface area contributed by atoms with E-state index >= 15 is 0 Å². The molecular weight excluding hydrogens is 128 g/mol. The van der Waals surface area contributed by atoms with Gasteiger partial charge in [0.1, 0.15) is 5.60 Å². The molecule has 1 fully saturated rings. The van der Waals surface area contributed by atoms with Crippen LogP contribution in [0.1, 0.15) is 20.3 Å². The lowest BCUT2D eigenvalue weighted by Gasteiger charge is -2.05. The molecule has 2 heteroatoms. The zero-order valence-electron chi connectivity index (χ0n) is 6.35. The number of hydrogen-bond acceptors (Lipinski definition) is 2. The molecule has 0 radical (unpaired) electrons. The first-order valence-corrected chi connectivity index (χ1v) is 3.42. The summed E-state index contributed by atoms with van der Waals surface area (Å²) < 4.78 is 4.94. The Kier molecular flexibility index (Phi) is 1.98. The largest absolute Gasteiger partial charge is 0.378 e. The van der Waals surface area contributed by atoms with Crippen LogP contribution < -0.4 is 0 Å². The minimum atomic E-state index is -0.852. The molecule has 0 amide bonds. The fraction of sp³-hybridized carbons (Fsp3) is 0.750. The first-order chi connectivity index (χ1) is 4.58. The summed E-state index contributed by atoms with van der Waals surface area (Å²) in [5.74, 6) is 5.58. The molecule has 1 N–H and O–H groups in total. The molecule has 2 nitrogen and oxygen atoms in total. The average Bonchev–Trinajstić information content (AvgIpc) is 2.45. The molecule has 0 aromatic carbocycles. The Balaban J connectivity index is 2.23. The normalized spacial score (nSPS) is 23.3. The molecule has 1 unspecified atom stereocenters. The number of epoxide rings is 1. The standard InChI is InChI=1S/C8H12O2/c1-8(2,9)5-3-4-7-6-10-7/h7,9H,4,6H2,1-2H3. The van der Waals surface area contributed by atoms with E-state index in [0.717, 1.165) is 13.0 Å². The monoisotopic (exact) mass is 140 g/mol. The van der Waals surface area contributed by atoms with Crippen LogP contribution in [-0.2, 0) is 4.74 Å². The van der Waals surface area contributed by atoms with E-state index in [2.05, 4.69) is 11.8 Å². The first kappa shape index (κ1) is 7.59. The maximum atomic E-state index is 9.14. The second-order valence-corrected chi connectivity index (χ2v) is 3.02. The molecule has 1 heterocycles. The fourth-order valence-corrected chi connectivity index (χ4v) is 0.567. The maximum Gasteiger partial charge on any atom is 0.119 e. The van der Waals surface area contributed by atoms with Crippen molar-refractivity contribution in [2.24, 2.45) is 0 Å². The van der Waals surface area contributed by atoms with Gasteiger partial charge in [0.2, 0.25) is 0 Å². The van der Waals surface area contributed by atoms with Gasteiger partial charge in [-0.1, -0.05) is 11.8 Å². The Morgan fingerprint density at radius 3 is 2.70 bits per heavy atom. The van der Waals surface area contributed by atoms with Crippen molar-refractivity contribution in [3.05, 3.63) is 0 Å². The van der Waals surface area contributed by atoms with Gasteiger partial charge in [0.25, 0.3) is 0 Å². The lowest BCUT2D eigenvalue weighted by molar-refractivity contribution is 0.143. The van der Waals surface area contributed by atoms with Crippen molar-refractivity contribution >= 4 is 0 Å². The summed E-state index contributed by atoms with van der Waals surface area (Å²) in [5, 5.41) is 9.14. The van der Waals surface area contributed by atoms with Crippen molar-refractivity contribution < 1.29 is 9.84 Å². The Labute approximate surface area is 61.2 Å². The van der Waals surface area contributed by atoms with E-state index in [1.165, 1.54) is 0 Å². The van der Waals surface area contributed by atoms with Crippen LogP contribution in [0, 0.1) is 11.8 Å². The third-order valence-electron chi connectivity index (χ3n) is 1.13.